The highest BCUT2D eigenvalue weighted by molar-refractivity contribution is 7.98. The Balaban J connectivity index is 0.774. The minimum Gasteiger partial charge on any atom is -0.461 e. The number of nitrogens with zero attached hydrogens (tertiary/aromatic N) is 15. The summed E-state index contributed by atoms with van der Waals surface area (Å²) >= 11 is 4.44. The number of rotatable bonds is 10. The van der Waals surface area contributed by atoms with Crippen LogP contribution in [-0.4, -0.2) is 118 Å². The van der Waals surface area contributed by atoms with E-state index in [-0.39, 0.29) is 48.1 Å². The number of ether oxygens (including phenoxy) is 1. The molecule has 7 atom stereocenters. The fourth-order valence-electron chi connectivity index (χ4n) is 15.6. The maximum Gasteiger partial charge on any atom is 0.359 e. The average Bonchev–Trinajstić information content (AvgIpc) is 3.08. The Labute approximate surface area is 485 Å². The zero-order valence-electron chi connectivity index (χ0n) is 46.4. The molecule has 8 aromatic rings. The number of carbonyl (C=O) groups is 1. The molecule has 4 aliphatic carbocycles. The fourth-order valence-corrected chi connectivity index (χ4v) is 18.5. The summed E-state index contributed by atoms with van der Waals surface area (Å²) < 4.78 is 22.8. The normalized spacial score (nSPS) is 24.0. The van der Waals surface area contributed by atoms with Crippen molar-refractivity contribution in [2.45, 2.75) is 150 Å². The van der Waals surface area contributed by atoms with Crippen molar-refractivity contribution in [2.75, 3.05) is 51.5 Å². The molecule has 2 aliphatic heterocycles. The second-order valence-electron chi connectivity index (χ2n) is 23.4. The van der Waals surface area contributed by atoms with Crippen molar-refractivity contribution in [1.29, 1.82) is 15.8 Å². The molecule has 14 rings (SSSR count). The lowest BCUT2D eigenvalue weighted by molar-refractivity contribution is 0.0381. The Morgan fingerprint density at radius 1 is 0.768 bits per heavy atom. The molecule has 1 unspecified atom stereocenters. The van der Waals surface area contributed by atoms with Crippen molar-refractivity contribution in [3.8, 4) is 41.2 Å². The van der Waals surface area contributed by atoms with Gasteiger partial charge in [-0.15, -0.1) is 34.4 Å². The molecule has 10 heterocycles. The van der Waals surface area contributed by atoms with E-state index < -0.39 is 16.8 Å². The Morgan fingerprint density at radius 2 is 1.37 bits per heavy atom. The number of aryl methyl sites for hydroxylation is 2. The molecular formula is C58H61N17O4S3. The molecule has 0 radical (unpaired) electrons. The molecule has 4 N–H and O–H groups in total. The molecule has 6 aliphatic rings. The summed E-state index contributed by atoms with van der Waals surface area (Å²) in [5.41, 5.74) is 19.3. The lowest BCUT2D eigenvalue weighted by Gasteiger charge is -2.39. The Bertz CT molecular complexity index is 4070. The lowest BCUT2D eigenvalue weighted by atomic mass is 9.63. The topological polar surface area (TPSA) is 295 Å². The third-order valence-corrected chi connectivity index (χ3v) is 22.1. The van der Waals surface area contributed by atoms with E-state index in [0.717, 1.165) is 147 Å². The Kier molecular flexibility index (Phi) is 12.9. The van der Waals surface area contributed by atoms with E-state index in [4.69, 9.17) is 60.5 Å². The van der Waals surface area contributed by atoms with Crippen molar-refractivity contribution in [3.63, 3.8) is 0 Å². The highest BCUT2D eigenvalue weighted by atomic mass is 32.2. The minimum atomic E-state index is -0.572. The summed E-state index contributed by atoms with van der Waals surface area (Å²) in [5, 5.41) is 53.3. The first-order chi connectivity index (χ1) is 39.8. The number of likely N-dealkylation sites (N-methyl/N-ethyl adjacent to an activating group) is 2. The molecule has 21 nitrogen and oxygen atoms in total. The Morgan fingerprint density at radius 3 is 1.95 bits per heavy atom. The van der Waals surface area contributed by atoms with Gasteiger partial charge in [-0.25, -0.2) is 34.1 Å². The highest BCUT2D eigenvalue weighted by Gasteiger charge is 2.51. The smallest absolute Gasteiger partial charge is 0.359 e. The molecule has 2 spiro atoms. The van der Waals surface area contributed by atoms with Crippen molar-refractivity contribution in [3.05, 3.63) is 72.2 Å². The summed E-state index contributed by atoms with van der Waals surface area (Å²) in [7, 11) is 4.18. The SMILES string of the molecule is CSc1nc(-c2noc3c2CCC[C@@]32CCCc3sc(N)c(C#N)c32)nc2c1c(C#N)nn2[C@@H](C)[C@@H]1C(COC(=O)c2nn([C@@H](C)[C@@H]3CCCN3C)c3nc(-c4noc5c4CCC[C@@]54CCCc5sc(N)c(C#N)c54)ncc23)CCN1C. The van der Waals surface area contributed by atoms with Crippen molar-refractivity contribution in [1.82, 2.24) is 59.6 Å². The molecule has 0 amide bonds. The van der Waals surface area contributed by atoms with Crippen LogP contribution < -0.4 is 11.5 Å². The molecule has 24 heteroatoms. The summed E-state index contributed by atoms with van der Waals surface area (Å²) in [6.45, 7) is 5.99. The van der Waals surface area contributed by atoms with Crippen LogP contribution in [0.15, 0.2) is 20.3 Å². The first kappa shape index (κ1) is 52.8. The monoisotopic (exact) mass is 1160 g/mol. The lowest BCUT2D eigenvalue weighted by Crippen LogP contribution is -2.39. The van der Waals surface area contributed by atoms with Gasteiger partial charge in [0.2, 0.25) is 0 Å². The summed E-state index contributed by atoms with van der Waals surface area (Å²) in [6, 6.07) is 6.63. The first-order valence-electron chi connectivity index (χ1n) is 28.5. The van der Waals surface area contributed by atoms with Crippen LogP contribution in [0.2, 0.25) is 0 Å². The van der Waals surface area contributed by atoms with Crippen LogP contribution in [0.4, 0.5) is 10.0 Å². The number of anilines is 2. The number of likely N-dealkylation sites (tertiary alicyclic amines) is 2. The van der Waals surface area contributed by atoms with Crippen LogP contribution in [0.25, 0.3) is 45.1 Å². The number of nitrogens with two attached hydrogens (primary N) is 2. The Hall–Kier alpha value is -7.27. The van der Waals surface area contributed by atoms with Crippen molar-refractivity contribution in [2.24, 2.45) is 5.92 Å². The number of aromatic nitrogens is 10. The van der Waals surface area contributed by atoms with Crippen molar-refractivity contribution >= 4 is 72.5 Å². The third kappa shape index (κ3) is 7.75. The average molecular weight is 1160 g/mol. The summed E-state index contributed by atoms with van der Waals surface area (Å²) in [5.74, 6) is 1.59. The van der Waals surface area contributed by atoms with Crippen LogP contribution in [0.5, 0.6) is 0 Å². The molecule has 420 valence electrons. The molecule has 0 aromatic carbocycles. The van der Waals surface area contributed by atoms with Crippen LogP contribution in [0, 0.1) is 39.9 Å². The van der Waals surface area contributed by atoms with Crippen molar-refractivity contribution < 1.29 is 18.6 Å². The number of nitriles is 3. The molecule has 0 bridgehead atoms. The predicted molar refractivity (Wildman–Crippen MR) is 308 cm³/mol. The van der Waals surface area contributed by atoms with Gasteiger partial charge in [-0.2, -0.15) is 26.0 Å². The van der Waals surface area contributed by atoms with E-state index in [2.05, 4.69) is 61.1 Å². The molecule has 82 heavy (non-hydrogen) atoms. The van der Waals surface area contributed by atoms with Gasteiger partial charge in [-0.1, -0.05) is 10.3 Å². The van der Waals surface area contributed by atoms with Gasteiger partial charge in [-0.05, 0) is 155 Å². The number of carbonyl (C=O) groups excluding carboxylic acids is 1. The van der Waals surface area contributed by atoms with Gasteiger partial charge in [-0.3, -0.25) is 0 Å². The number of thiophene rings is 2. The fraction of sp³-hybridized carbons (Fsp3) is 0.517. The van der Waals surface area contributed by atoms with Gasteiger partial charge < -0.3 is 35.1 Å². The van der Waals surface area contributed by atoms with Crippen LogP contribution in [-0.2, 0) is 41.3 Å². The molecule has 0 saturated carbocycles. The number of thioether (sulfide) groups is 1. The number of esters is 1. The number of hydrogen-bond donors (Lipinski definition) is 2. The second-order valence-corrected chi connectivity index (χ2v) is 26.5. The second kappa shape index (κ2) is 20.0. The van der Waals surface area contributed by atoms with Crippen LogP contribution >= 0.6 is 34.4 Å². The minimum absolute atomic E-state index is 0.0999. The first-order valence-corrected chi connectivity index (χ1v) is 31.4. The van der Waals surface area contributed by atoms with Gasteiger partial charge >= 0.3 is 5.97 Å². The van der Waals surface area contributed by atoms with E-state index >= 15 is 0 Å². The number of hydrogen-bond acceptors (Lipinski definition) is 22. The number of nitrogen functional groups attached to an aromatic ring is 2. The van der Waals surface area contributed by atoms with Crippen LogP contribution in [0.1, 0.15) is 167 Å². The highest BCUT2D eigenvalue weighted by Crippen LogP contribution is 2.57. The molecule has 8 aromatic heterocycles. The van der Waals surface area contributed by atoms with Gasteiger partial charge in [0.05, 0.1) is 51.4 Å². The standard InChI is InChI=1S/C58H61N17O4S3/c1-28(37-13-10-21-72(37)3)74-53-35(26-64-51(65-53)43-31-11-6-17-57(47(31)78-70-43)19-8-14-38-41(57)33(23-59)49(62)81-38)45(69-74)56(76)77-27-30-16-22-73(4)46(30)29(2)75-54-40(36(25-61)68-75)55(80-5)67-52(66-54)44-32-12-7-18-58(48(32)79-71-44)20-9-15-39-42(58)34(24-60)50(63)82-39/h26,28-30,37,46H,6-22,27,62-63H2,1-5H3/t28-,29-,30?,37-,46+,57-,58-/m0/s1. The maximum absolute atomic E-state index is 14.7. The molecular weight excluding hydrogens is 1090 g/mol. The van der Waals surface area contributed by atoms with Gasteiger partial charge in [0.15, 0.2) is 57.2 Å². The van der Waals surface area contributed by atoms with Gasteiger partial charge in [0.25, 0.3) is 0 Å². The number of fused-ring (bicyclic) bond motifs is 10. The zero-order chi connectivity index (χ0) is 56.5. The molecule has 2 saturated heterocycles. The van der Waals surface area contributed by atoms with E-state index in [1.807, 2.05) is 15.6 Å². The predicted octanol–water partition coefficient (Wildman–Crippen LogP) is 9.21. The molecule has 2 fully saturated rings. The van der Waals surface area contributed by atoms with E-state index in [0.29, 0.717) is 77.7 Å². The quantitative estimate of drug-likeness (QED) is 0.0732. The maximum atomic E-state index is 14.7. The third-order valence-electron chi connectivity index (χ3n) is 19.3. The largest absolute Gasteiger partial charge is 0.461 e. The van der Waals surface area contributed by atoms with E-state index in [1.165, 1.54) is 34.4 Å². The van der Waals surface area contributed by atoms with Gasteiger partial charge in [0.1, 0.15) is 33.2 Å². The van der Waals surface area contributed by atoms with Crippen LogP contribution in [0.3, 0.4) is 0 Å². The summed E-state index contributed by atoms with van der Waals surface area (Å²) in [6.07, 6.45) is 16.5. The van der Waals surface area contributed by atoms with E-state index in [9.17, 15) is 20.6 Å². The van der Waals surface area contributed by atoms with E-state index in [1.54, 1.807) is 6.20 Å². The van der Waals surface area contributed by atoms with Gasteiger partial charge in [0, 0.05) is 45.1 Å². The zero-order valence-corrected chi connectivity index (χ0v) is 48.9. The summed E-state index contributed by atoms with van der Waals surface area (Å²) in [4.78, 5) is 41.9.